The maximum absolute atomic E-state index is 5.93. The van der Waals surface area contributed by atoms with E-state index in [1.807, 2.05) is 12.1 Å². The fourth-order valence-corrected chi connectivity index (χ4v) is 4.03. The summed E-state index contributed by atoms with van der Waals surface area (Å²) in [6.07, 6.45) is 0. The van der Waals surface area contributed by atoms with Gasteiger partial charge in [-0.15, -0.1) is 23.2 Å². The average Bonchev–Trinajstić information content (AvgIpc) is 2.77. The zero-order chi connectivity index (χ0) is 20.1. The molecule has 0 unspecified atom stereocenters. The molecule has 1 aromatic heterocycles. The van der Waals surface area contributed by atoms with Crippen molar-refractivity contribution in [3.05, 3.63) is 78.4 Å². The SMILES string of the molecule is ClCCN(CCCl)c1ccc(CNc2c3ccccc3nc3ccccc23)cc1. The number of hydrogen-bond acceptors (Lipinski definition) is 3. The van der Waals surface area contributed by atoms with Gasteiger partial charge in [0.05, 0.1) is 16.7 Å². The van der Waals surface area contributed by atoms with Crippen molar-refractivity contribution in [2.45, 2.75) is 6.54 Å². The summed E-state index contributed by atoms with van der Waals surface area (Å²) in [5, 5.41) is 5.92. The number of fused-ring (bicyclic) bond motifs is 2. The molecule has 1 heterocycles. The van der Waals surface area contributed by atoms with Crippen molar-refractivity contribution in [1.29, 1.82) is 0 Å². The Morgan fingerprint density at radius 3 is 1.83 bits per heavy atom. The summed E-state index contributed by atoms with van der Waals surface area (Å²) in [6, 6.07) is 25.1. The van der Waals surface area contributed by atoms with Crippen LogP contribution in [0.25, 0.3) is 21.8 Å². The van der Waals surface area contributed by atoms with E-state index in [0.29, 0.717) is 11.8 Å². The third kappa shape index (κ3) is 4.42. The first-order valence-electron chi connectivity index (χ1n) is 9.77. The number of anilines is 2. The molecule has 0 aliphatic rings. The Balaban J connectivity index is 1.59. The van der Waals surface area contributed by atoms with Gasteiger partial charge in [-0.3, -0.25) is 0 Å². The Morgan fingerprint density at radius 1 is 0.724 bits per heavy atom. The summed E-state index contributed by atoms with van der Waals surface area (Å²) in [6.45, 7) is 2.32. The van der Waals surface area contributed by atoms with E-state index in [1.165, 1.54) is 5.56 Å². The molecule has 0 bridgehead atoms. The van der Waals surface area contributed by atoms with Crippen molar-refractivity contribution in [2.24, 2.45) is 0 Å². The highest BCUT2D eigenvalue weighted by Crippen LogP contribution is 2.31. The third-order valence-electron chi connectivity index (χ3n) is 5.07. The van der Waals surface area contributed by atoms with E-state index in [9.17, 15) is 0 Å². The fourth-order valence-electron chi connectivity index (χ4n) is 3.62. The molecule has 5 heteroatoms. The van der Waals surface area contributed by atoms with Crippen molar-refractivity contribution in [2.75, 3.05) is 35.1 Å². The molecule has 4 aromatic rings. The van der Waals surface area contributed by atoms with E-state index >= 15 is 0 Å². The van der Waals surface area contributed by atoms with Crippen LogP contribution < -0.4 is 10.2 Å². The molecular weight excluding hydrogens is 401 g/mol. The van der Waals surface area contributed by atoms with Gasteiger partial charge >= 0.3 is 0 Å². The number of nitrogens with zero attached hydrogens (tertiary/aromatic N) is 2. The summed E-state index contributed by atoms with van der Waals surface area (Å²) in [4.78, 5) is 7.00. The molecule has 148 valence electrons. The van der Waals surface area contributed by atoms with Crippen molar-refractivity contribution >= 4 is 56.4 Å². The quantitative estimate of drug-likeness (QED) is 0.266. The van der Waals surface area contributed by atoms with Crippen molar-refractivity contribution < 1.29 is 0 Å². The molecule has 0 spiro atoms. The standard InChI is InChI=1S/C24H23Cl2N3/c25-13-15-29(16-14-26)19-11-9-18(10-12-19)17-27-24-20-5-1-3-7-22(20)28-23-8-4-2-6-21(23)24/h1-12H,13-17H2,(H,27,28). The van der Waals surface area contributed by atoms with Gasteiger partial charge in [0.25, 0.3) is 0 Å². The zero-order valence-corrected chi connectivity index (χ0v) is 17.6. The number of alkyl halides is 2. The number of nitrogens with one attached hydrogen (secondary N) is 1. The Kier molecular flexibility index (Phi) is 6.38. The first-order chi connectivity index (χ1) is 14.3. The number of halogens is 2. The van der Waals surface area contributed by atoms with Crippen molar-refractivity contribution in [3.8, 4) is 0 Å². The molecule has 3 nitrogen and oxygen atoms in total. The zero-order valence-electron chi connectivity index (χ0n) is 16.1. The maximum atomic E-state index is 5.93. The highest BCUT2D eigenvalue weighted by Gasteiger charge is 2.09. The van der Waals surface area contributed by atoms with Crippen LogP contribution in [0.2, 0.25) is 0 Å². The molecule has 0 saturated heterocycles. The predicted octanol–water partition coefficient (Wildman–Crippen LogP) is 6.28. The Labute approximate surface area is 181 Å². The number of pyridine rings is 1. The Morgan fingerprint density at radius 2 is 1.28 bits per heavy atom. The highest BCUT2D eigenvalue weighted by atomic mass is 35.5. The normalized spacial score (nSPS) is 11.1. The summed E-state index contributed by atoms with van der Waals surface area (Å²) in [7, 11) is 0. The van der Waals surface area contributed by atoms with Gasteiger partial charge in [0, 0.05) is 47.9 Å². The smallest absolute Gasteiger partial charge is 0.0730 e. The summed E-state index contributed by atoms with van der Waals surface area (Å²) >= 11 is 11.9. The first kappa shape index (κ1) is 19.8. The van der Waals surface area contributed by atoms with E-state index in [0.717, 1.165) is 52.8 Å². The highest BCUT2D eigenvalue weighted by molar-refractivity contribution is 6.18. The molecule has 29 heavy (non-hydrogen) atoms. The van der Waals surface area contributed by atoms with Gasteiger partial charge < -0.3 is 10.2 Å². The van der Waals surface area contributed by atoms with Crippen LogP contribution in [0.1, 0.15) is 5.56 Å². The minimum atomic E-state index is 0.586. The minimum absolute atomic E-state index is 0.586. The number of rotatable bonds is 8. The monoisotopic (exact) mass is 423 g/mol. The summed E-state index contributed by atoms with van der Waals surface area (Å²) < 4.78 is 0. The third-order valence-corrected chi connectivity index (χ3v) is 5.41. The van der Waals surface area contributed by atoms with Gasteiger partial charge in [0.15, 0.2) is 0 Å². The van der Waals surface area contributed by atoms with Crippen LogP contribution in [-0.4, -0.2) is 29.8 Å². The van der Waals surface area contributed by atoms with Gasteiger partial charge in [-0.25, -0.2) is 4.98 Å². The molecule has 4 rings (SSSR count). The molecule has 0 radical (unpaired) electrons. The lowest BCUT2D eigenvalue weighted by Crippen LogP contribution is -2.27. The Bertz CT molecular complexity index is 1040. The average molecular weight is 424 g/mol. The first-order valence-corrected chi connectivity index (χ1v) is 10.8. The minimum Gasteiger partial charge on any atom is -0.380 e. The molecule has 3 aromatic carbocycles. The lowest BCUT2D eigenvalue weighted by Gasteiger charge is -2.23. The number of benzene rings is 3. The number of aromatic nitrogens is 1. The van der Waals surface area contributed by atoms with Gasteiger partial charge in [0.1, 0.15) is 0 Å². The molecule has 0 amide bonds. The van der Waals surface area contributed by atoms with Crippen LogP contribution in [0.3, 0.4) is 0 Å². The summed E-state index contributed by atoms with van der Waals surface area (Å²) in [5.41, 5.74) is 5.50. The summed E-state index contributed by atoms with van der Waals surface area (Å²) in [5.74, 6) is 1.17. The van der Waals surface area contributed by atoms with Crippen LogP contribution in [0, 0.1) is 0 Å². The second-order valence-corrected chi connectivity index (χ2v) is 7.66. The number of para-hydroxylation sites is 2. The van der Waals surface area contributed by atoms with Crippen LogP contribution in [0.4, 0.5) is 11.4 Å². The topological polar surface area (TPSA) is 28.2 Å². The second-order valence-electron chi connectivity index (χ2n) is 6.91. The van der Waals surface area contributed by atoms with Crippen LogP contribution >= 0.6 is 23.2 Å². The van der Waals surface area contributed by atoms with Gasteiger partial charge in [-0.1, -0.05) is 48.5 Å². The second kappa shape index (κ2) is 9.34. The fraction of sp³-hybridized carbons (Fsp3) is 0.208. The van der Waals surface area contributed by atoms with Gasteiger partial charge in [0.2, 0.25) is 0 Å². The van der Waals surface area contributed by atoms with E-state index in [-0.39, 0.29) is 0 Å². The van der Waals surface area contributed by atoms with Crippen molar-refractivity contribution in [3.63, 3.8) is 0 Å². The lowest BCUT2D eigenvalue weighted by atomic mass is 10.1. The van der Waals surface area contributed by atoms with E-state index in [2.05, 4.69) is 70.9 Å². The maximum Gasteiger partial charge on any atom is 0.0730 e. The van der Waals surface area contributed by atoms with Crippen LogP contribution in [0.15, 0.2) is 72.8 Å². The van der Waals surface area contributed by atoms with E-state index < -0.39 is 0 Å². The number of hydrogen-bond donors (Lipinski definition) is 1. The molecule has 0 aliphatic carbocycles. The van der Waals surface area contributed by atoms with Crippen LogP contribution in [0.5, 0.6) is 0 Å². The predicted molar refractivity (Wildman–Crippen MR) is 127 cm³/mol. The van der Waals surface area contributed by atoms with E-state index in [4.69, 9.17) is 28.2 Å². The van der Waals surface area contributed by atoms with Crippen molar-refractivity contribution in [1.82, 2.24) is 4.98 Å². The largest absolute Gasteiger partial charge is 0.380 e. The van der Waals surface area contributed by atoms with E-state index in [1.54, 1.807) is 0 Å². The van der Waals surface area contributed by atoms with Gasteiger partial charge in [-0.05, 0) is 29.8 Å². The Hall–Kier alpha value is -2.49. The molecule has 1 N–H and O–H groups in total. The molecular formula is C24H23Cl2N3. The molecule has 0 atom stereocenters. The van der Waals surface area contributed by atoms with Gasteiger partial charge in [-0.2, -0.15) is 0 Å². The lowest BCUT2D eigenvalue weighted by molar-refractivity contribution is 0.873. The van der Waals surface area contributed by atoms with Crippen LogP contribution in [-0.2, 0) is 6.54 Å². The molecule has 0 saturated carbocycles. The molecule has 0 fully saturated rings. The molecule has 0 aliphatic heterocycles.